The summed E-state index contributed by atoms with van der Waals surface area (Å²) in [6, 6.07) is 2.45. The molecule has 1 saturated heterocycles. The van der Waals surface area contributed by atoms with Crippen molar-refractivity contribution in [2.45, 2.75) is 37.1 Å². The third-order valence-electron chi connectivity index (χ3n) is 3.47. The Bertz CT molecular complexity index is 629. The molecule has 0 bridgehead atoms. The number of halogens is 1. The highest BCUT2D eigenvalue weighted by atomic mass is 32.2. The first-order valence-corrected chi connectivity index (χ1v) is 7.79. The molecule has 0 saturated carbocycles. The minimum absolute atomic E-state index is 0.0652. The Balaban J connectivity index is 2.42. The number of sulfonamides is 1. The third kappa shape index (κ3) is 2.69. The van der Waals surface area contributed by atoms with Gasteiger partial charge < -0.3 is 5.11 Å². The summed E-state index contributed by atoms with van der Waals surface area (Å²) in [5.74, 6) is -1.63. The van der Waals surface area contributed by atoms with E-state index in [1.54, 1.807) is 0 Å². The molecule has 1 N–H and O–H groups in total. The van der Waals surface area contributed by atoms with Gasteiger partial charge >= 0.3 is 5.97 Å². The Morgan fingerprint density at radius 3 is 2.70 bits per heavy atom. The molecule has 1 atom stereocenters. The Labute approximate surface area is 117 Å². The lowest BCUT2D eigenvalue weighted by atomic mass is 10.1. The van der Waals surface area contributed by atoms with Crippen LogP contribution in [0, 0.1) is 12.7 Å². The standard InChI is InChI=1S/C13H16FNO4S/c1-9-8-10(5-6-11(9)14)20(18,19)15-7-3-2-4-12(15)13(16)17/h5-6,8,12H,2-4,7H2,1H3,(H,16,17). The van der Waals surface area contributed by atoms with E-state index in [-0.39, 0.29) is 17.0 Å². The fourth-order valence-electron chi connectivity index (χ4n) is 2.35. The van der Waals surface area contributed by atoms with Crippen LogP contribution in [0.4, 0.5) is 4.39 Å². The van der Waals surface area contributed by atoms with Crippen LogP contribution < -0.4 is 0 Å². The van der Waals surface area contributed by atoms with Crippen LogP contribution in [-0.2, 0) is 14.8 Å². The van der Waals surface area contributed by atoms with Crippen LogP contribution in [0.5, 0.6) is 0 Å². The fourth-order valence-corrected chi connectivity index (χ4v) is 4.09. The van der Waals surface area contributed by atoms with Crippen molar-refractivity contribution < 1.29 is 22.7 Å². The van der Waals surface area contributed by atoms with E-state index in [2.05, 4.69) is 0 Å². The number of piperidine rings is 1. The van der Waals surface area contributed by atoms with E-state index in [9.17, 15) is 17.6 Å². The number of carbonyl (C=O) groups is 1. The summed E-state index contributed by atoms with van der Waals surface area (Å²) in [6.07, 6.45) is 1.61. The van der Waals surface area contributed by atoms with Crippen molar-refractivity contribution in [1.29, 1.82) is 0 Å². The Hall–Kier alpha value is -1.47. The van der Waals surface area contributed by atoms with Gasteiger partial charge in [-0.1, -0.05) is 0 Å². The maximum Gasteiger partial charge on any atom is 0.322 e. The van der Waals surface area contributed by atoms with Gasteiger partial charge in [-0.05, 0) is 49.9 Å². The second-order valence-electron chi connectivity index (χ2n) is 4.88. The van der Waals surface area contributed by atoms with Crippen molar-refractivity contribution >= 4 is 16.0 Å². The average molecular weight is 301 g/mol. The molecular formula is C13H16FNO4S. The van der Waals surface area contributed by atoms with Crippen molar-refractivity contribution in [3.05, 3.63) is 29.6 Å². The molecule has 0 aliphatic carbocycles. The molecule has 1 unspecified atom stereocenters. The van der Waals surface area contributed by atoms with E-state index in [1.807, 2.05) is 0 Å². The Morgan fingerprint density at radius 2 is 2.10 bits per heavy atom. The summed E-state index contributed by atoms with van der Waals surface area (Å²) in [4.78, 5) is 11.1. The molecule has 0 radical (unpaired) electrons. The van der Waals surface area contributed by atoms with E-state index in [0.717, 1.165) is 10.4 Å². The van der Waals surface area contributed by atoms with E-state index < -0.39 is 27.9 Å². The highest BCUT2D eigenvalue weighted by molar-refractivity contribution is 7.89. The predicted octanol–water partition coefficient (Wildman–Crippen LogP) is 1.76. The number of rotatable bonds is 3. The van der Waals surface area contributed by atoms with Gasteiger partial charge in [-0.3, -0.25) is 4.79 Å². The lowest BCUT2D eigenvalue weighted by Gasteiger charge is -2.31. The highest BCUT2D eigenvalue weighted by Crippen LogP contribution is 2.26. The molecule has 5 nitrogen and oxygen atoms in total. The molecule has 1 aromatic carbocycles. The van der Waals surface area contributed by atoms with Gasteiger partial charge in [0, 0.05) is 6.54 Å². The zero-order chi connectivity index (χ0) is 14.9. The molecule has 20 heavy (non-hydrogen) atoms. The van der Waals surface area contributed by atoms with E-state index >= 15 is 0 Å². The van der Waals surface area contributed by atoms with Crippen molar-refractivity contribution in [3.8, 4) is 0 Å². The van der Waals surface area contributed by atoms with Gasteiger partial charge in [-0.2, -0.15) is 4.31 Å². The first-order valence-electron chi connectivity index (χ1n) is 6.35. The molecule has 7 heteroatoms. The summed E-state index contributed by atoms with van der Waals surface area (Å²) >= 11 is 0. The molecule has 0 amide bonds. The zero-order valence-electron chi connectivity index (χ0n) is 11.0. The molecule has 0 spiro atoms. The van der Waals surface area contributed by atoms with Gasteiger partial charge in [-0.25, -0.2) is 12.8 Å². The van der Waals surface area contributed by atoms with E-state index in [4.69, 9.17) is 5.11 Å². The quantitative estimate of drug-likeness (QED) is 0.923. The number of hydrogen-bond donors (Lipinski definition) is 1. The topological polar surface area (TPSA) is 74.7 Å². The number of aliphatic carboxylic acids is 1. The van der Waals surface area contributed by atoms with Crippen molar-refractivity contribution in [3.63, 3.8) is 0 Å². The number of hydrogen-bond acceptors (Lipinski definition) is 3. The zero-order valence-corrected chi connectivity index (χ0v) is 11.9. The minimum atomic E-state index is -3.91. The van der Waals surface area contributed by atoms with E-state index in [1.165, 1.54) is 19.1 Å². The van der Waals surface area contributed by atoms with Crippen LogP contribution in [0.1, 0.15) is 24.8 Å². The molecule has 1 aliphatic rings. The maximum absolute atomic E-state index is 13.2. The highest BCUT2D eigenvalue weighted by Gasteiger charge is 2.37. The number of benzene rings is 1. The van der Waals surface area contributed by atoms with Crippen LogP contribution >= 0.6 is 0 Å². The summed E-state index contributed by atoms with van der Waals surface area (Å²) in [6.45, 7) is 1.65. The molecular weight excluding hydrogens is 285 g/mol. The van der Waals surface area contributed by atoms with Gasteiger partial charge in [0.15, 0.2) is 0 Å². The number of nitrogens with zero attached hydrogens (tertiary/aromatic N) is 1. The SMILES string of the molecule is Cc1cc(S(=O)(=O)N2CCCCC2C(=O)O)ccc1F. The predicted molar refractivity (Wildman–Crippen MR) is 70.3 cm³/mol. The molecule has 1 aromatic rings. The number of carboxylic acids is 1. The molecule has 110 valence electrons. The monoisotopic (exact) mass is 301 g/mol. The first-order chi connectivity index (χ1) is 9.34. The molecule has 2 rings (SSSR count). The fraction of sp³-hybridized carbons (Fsp3) is 0.462. The van der Waals surface area contributed by atoms with Crippen LogP contribution in [0.3, 0.4) is 0 Å². The second kappa shape index (κ2) is 5.49. The van der Waals surface area contributed by atoms with Crippen LogP contribution in [0.15, 0.2) is 23.1 Å². The molecule has 1 aliphatic heterocycles. The minimum Gasteiger partial charge on any atom is -0.480 e. The lowest BCUT2D eigenvalue weighted by Crippen LogP contribution is -2.47. The first kappa shape index (κ1) is 14.9. The molecule has 1 heterocycles. The summed E-state index contributed by atoms with van der Waals surface area (Å²) in [7, 11) is -3.91. The smallest absolute Gasteiger partial charge is 0.322 e. The summed E-state index contributed by atoms with van der Waals surface area (Å²) in [5.41, 5.74) is 0.218. The summed E-state index contributed by atoms with van der Waals surface area (Å²) < 4.78 is 39.2. The van der Waals surface area contributed by atoms with Gasteiger partial charge in [0.1, 0.15) is 11.9 Å². The van der Waals surface area contributed by atoms with Crippen molar-refractivity contribution in [2.24, 2.45) is 0 Å². The van der Waals surface area contributed by atoms with Crippen LogP contribution in [0.25, 0.3) is 0 Å². The normalized spacial score (nSPS) is 20.8. The summed E-state index contributed by atoms with van der Waals surface area (Å²) in [5, 5.41) is 9.15. The van der Waals surface area contributed by atoms with Gasteiger partial charge in [0.2, 0.25) is 10.0 Å². The van der Waals surface area contributed by atoms with Gasteiger partial charge in [0.25, 0.3) is 0 Å². The van der Waals surface area contributed by atoms with E-state index in [0.29, 0.717) is 19.3 Å². The van der Waals surface area contributed by atoms with Gasteiger partial charge in [-0.15, -0.1) is 0 Å². The Kier molecular flexibility index (Phi) is 4.10. The average Bonchev–Trinajstić information content (AvgIpc) is 2.41. The number of aryl methyl sites for hydroxylation is 1. The van der Waals surface area contributed by atoms with Crippen molar-refractivity contribution in [1.82, 2.24) is 4.31 Å². The molecule has 1 fully saturated rings. The third-order valence-corrected chi connectivity index (χ3v) is 5.38. The van der Waals surface area contributed by atoms with Crippen molar-refractivity contribution in [2.75, 3.05) is 6.54 Å². The maximum atomic E-state index is 13.2. The largest absolute Gasteiger partial charge is 0.480 e. The van der Waals surface area contributed by atoms with Crippen LogP contribution in [0.2, 0.25) is 0 Å². The molecule has 0 aromatic heterocycles. The Morgan fingerprint density at radius 1 is 1.40 bits per heavy atom. The number of carboxylic acid groups (broad SMARTS) is 1. The second-order valence-corrected chi connectivity index (χ2v) is 6.77. The van der Waals surface area contributed by atoms with Crippen LogP contribution in [-0.4, -0.2) is 36.4 Å². The van der Waals surface area contributed by atoms with Gasteiger partial charge in [0.05, 0.1) is 4.90 Å². The lowest BCUT2D eigenvalue weighted by molar-refractivity contribution is -0.142.